The summed E-state index contributed by atoms with van der Waals surface area (Å²) in [6, 6.07) is 15.6. The van der Waals surface area contributed by atoms with E-state index in [1.165, 1.54) is 0 Å². The Hall–Kier alpha value is -1.35. The van der Waals surface area contributed by atoms with Gasteiger partial charge in [-0.3, -0.25) is 9.59 Å². The third kappa shape index (κ3) is 4.00. The molecule has 0 spiro atoms. The summed E-state index contributed by atoms with van der Waals surface area (Å²) in [6.45, 7) is 0. The molecule has 1 atom stereocenters. The molecule has 2 nitrogen and oxygen atoms in total. The zero-order valence-electron chi connectivity index (χ0n) is 13.0. The Balaban J connectivity index is 2.46. The molecule has 0 aliphatic rings. The van der Waals surface area contributed by atoms with E-state index in [4.69, 9.17) is 34.8 Å². The Bertz CT molecular complexity index is 716. The molecule has 2 aromatic carbocycles. The molecule has 2 rings (SSSR count). The fourth-order valence-electron chi connectivity index (χ4n) is 2.50. The monoisotopic (exact) mass is 382 g/mol. The first-order valence-corrected chi connectivity index (χ1v) is 8.94. The highest BCUT2D eigenvalue weighted by Crippen LogP contribution is 2.41. The Morgan fingerprint density at radius 2 is 1.54 bits per heavy atom. The van der Waals surface area contributed by atoms with Gasteiger partial charge in [0, 0.05) is 22.9 Å². The van der Waals surface area contributed by atoms with Gasteiger partial charge in [0.1, 0.15) is 0 Å². The van der Waals surface area contributed by atoms with Crippen LogP contribution in [-0.2, 0) is 14.5 Å². The van der Waals surface area contributed by atoms with Gasteiger partial charge < -0.3 is 0 Å². The predicted octanol–water partition coefficient (Wildman–Crippen LogP) is 5.37. The molecule has 0 fully saturated rings. The van der Waals surface area contributed by atoms with Crippen molar-refractivity contribution >= 4 is 46.4 Å². The second-order valence-corrected chi connectivity index (χ2v) is 6.75. The van der Waals surface area contributed by atoms with Crippen LogP contribution in [0.1, 0.15) is 30.4 Å². The predicted molar refractivity (Wildman–Crippen MR) is 99.1 cm³/mol. The number of hydrogen-bond donors (Lipinski definition) is 0. The molecular formula is C19H17Cl3O2. The molecule has 0 aromatic heterocycles. The summed E-state index contributed by atoms with van der Waals surface area (Å²) in [5, 5.41) is 0.346. The van der Waals surface area contributed by atoms with Gasteiger partial charge in [0.15, 0.2) is 4.87 Å². The van der Waals surface area contributed by atoms with Crippen molar-refractivity contribution < 1.29 is 9.59 Å². The molecule has 126 valence electrons. The topological polar surface area (TPSA) is 34.1 Å². The zero-order chi connectivity index (χ0) is 17.6. The summed E-state index contributed by atoms with van der Waals surface area (Å²) < 4.78 is 0. The number of carbonyl (C=O) groups excluding carboxylic acids is 2. The van der Waals surface area contributed by atoms with Gasteiger partial charge in [-0.25, -0.2) is 0 Å². The van der Waals surface area contributed by atoms with Crippen LogP contribution in [0, 0.1) is 0 Å². The van der Waals surface area contributed by atoms with E-state index in [1.807, 2.05) is 6.07 Å². The Labute approximate surface area is 156 Å². The fourth-order valence-corrected chi connectivity index (χ4v) is 3.41. The molecule has 0 bridgehead atoms. The second kappa shape index (κ2) is 8.66. The first kappa shape index (κ1) is 19.0. The maximum Gasteiger partial charge on any atom is 0.228 e. The molecule has 0 amide bonds. The average Bonchev–Trinajstić information content (AvgIpc) is 2.61. The van der Waals surface area contributed by atoms with E-state index in [2.05, 4.69) is 0 Å². The van der Waals surface area contributed by atoms with Crippen molar-refractivity contribution in [2.45, 2.75) is 24.1 Å². The van der Waals surface area contributed by atoms with Crippen LogP contribution >= 0.6 is 34.8 Å². The summed E-state index contributed by atoms with van der Waals surface area (Å²) in [5.41, 5.74) is 0.936. The van der Waals surface area contributed by atoms with Gasteiger partial charge >= 0.3 is 0 Å². The maximum absolute atomic E-state index is 12.9. The molecule has 2 aromatic rings. The lowest BCUT2D eigenvalue weighted by molar-refractivity contribution is -0.137. The molecule has 0 aliphatic carbocycles. The van der Waals surface area contributed by atoms with Crippen LogP contribution in [0.4, 0.5) is 0 Å². The largest absolute Gasteiger partial charge is 0.291 e. The summed E-state index contributed by atoms with van der Waals surface area (Å²) >= 11 is 18.7. The minimum atomic E-state index is -1.63. The molecule has 0 saturated heterocycles. The van der Waals surface area contributed by atoms with Gasteiger partial charge in [-0.2, -0.15) is 0 Å². The highest BCUT2D eigenvalue weighted by molar-refractivity contribution is 6.54. The lowest BCUT2D eigenvalue weighted by atomic mass is 9.84. The van der Waals surface area contributed by atoms with Gasteiger partial charge in [-0.1, -0.05) is 71.7 Å². The number of benzene rings is 2. The first-order chi connectivity index (χ1) is 11.5. The maximum atomic E-state index is 12.9. The van der Waals surface area contributed by atoms with Crippen molar-refractivity contribution in [3.05, 3.63) is 70.7 Å². The van der Waals surface area contributed by atoms with E-state index in [0.717, 1.165) is 0 Å². The van der Waals surface area contributed by atoms with E-state index < -0.39 is 16.4 Å². The molecule has 0 N–H and O–H groups in total. The van der Waals surface area contributed by atoms with Crippen LogP contribution in [-0.4, -0.2) is 17.4 Å². The van der Waals surface area contributed by atoms with Crippen LogP contribution in [0.3, 0.4) is 0 Å². The van der Waals surface area contributed by atoms with Crippen LogP contribution in [0.25, 0.3) is 0 Å². The van der Waals surface area contributed by atoms with E-state index in [1.54, 1.807) is 48.5 Å². The number of Topliss-reactive ketones (excluding diaryl/α,β-unsaturated/α-hetero) is 2. The Morgan fingerprint density at radius 1 is 0.917 bits per heavy atom. The molecule has 0 radical (unpaired) electrons. The smallest absolute Gasteiger partial charge is 0.228 e. The summed E-state index contributed by atoms with van der Waals surface area (Å²) in [6.07, 6.45) is 1.35. The number of alkyl halides is 2. The van der Waals surface area contributed by atoms with Crippen molar-refractivity contribution in [2.24, 2.45) is 0 Å². The standard InChI is InChI=1S/C19H17Cl3O2/c20-13-7-6-12-17(23)18(24)19(22,14-8-2-1-3-9-14)15-10-4-5-11-16(15)21/h1-5,8-11H,6-7,12-13H2. The molecule has 0 saturated carbocycles. The Kier molecular flexibility index (Phi) is 6.85. The summed E-state index contributed by atoms with van der Waals surface area (Å²) in [7, 11) is 0. The van der Waals surface area contributed by atoms with Crippen LogP contribution in [0.5, 0.6) is 0 Å². The van der Waals surface area contributed by atoms with E-state index in [0.29, 0.717) is 34.9 Å². The number of hydrogen-bond acceptors (Lipinski definition) is 2. The Morgan fingerprint density at radius 3 is 2.17 bits per heavy atom. The van der Waals surface area contributed by atoms with E-state index in [9.17, 15) is 9.59 Å². The van der Waals surface area contributed by atoms with Crippen molar-refractivity contribution in [1.82, 2.24) is 0 Å². The average molecular weight is 384 g/mol. The zero-order valence-corrected chi connectivity index (χ0v) is 15.2. The van der Waals surface area contributed by atoms with Gasteiger partial charge in [-0.05, 0) is 24.5 Å². The minimum absolute atomic E-state index is 0.122. The molecule has 24 heavy (non-hydrogen) atoms. The second-order valence-electron chi connectivity index (χ2n) is 5.40. The number of ketones is 2. The van der Waals surface area contributed by atoms with Gasteiger partial charge in [0.05, 0.1) is 0 Å². The number of carbonyl (C=O) groups is 2. The van der Waals surface area contributed by atoms with E-state index >= 15 is 0 Å². The quantitative estimate of drug-likeness (QED) is 0.349. The fraction of sp³-hybridized carbons (Fsp3) is 0.263. The van der Waals surface area contributed by atoms with Crippen molar-refractivity contribution in [1.29, 1.82) is 0 Å². The van der Waals surface area contributed by atoms with Crippen molar-refractivity contribution in [2.75, 3.05) is 5.88 Å². The summed E-state index contributed by atoms with van der Waals surface area (Å²) in [5.74, 6) is -0.728. The summed E-state index contributed by atoms with van der Waals surface area (Å²) in [4.78, 5) is 23.7. The van der Waals surface area contributed by atoms with Crippen molar-refractivity contribution in [3.8, 4) is 0 Å². The molecular weight excluding hydrogens is 367 g/mol. The van der Waals surface area contributed by atoms with Gasteiger partial charge in [0.2, 0.25) is 11.6 Å². The highest BCUT2D eigenvalue weighted by Gasteiger charge is 2.44. The molecule has 0 heterocycles. The van der Waals surface area contributed by atoms with Crippen LogP contribution in [0.2, 0.25) is 5.02 Å². The minimum Gasteiger partial charge on any atom is -0.291 e. The molecule has 5 heteroatoms. The van der Waals surface area contributed by atoms with Gasteiger partial charge in [-0.15, -0.1) is 11.6 Å². The normalized spacial score (nSPS) is 13.3. The van der Waals surface area contributed by atoms with E-state index in [-0.39, 0.29) is 6.42 Å². The van der Waals surface area contributed by atoms with Gasteiger partial charge in [0.25, 0.3) is 0 Å². The molecule has 0 aliphatic heterocycles. The third-order valence-corrected chi connectivity index (χ3v) is 4.96. The number of halogens is 3. The first-order valence-electron chi connectivity index (χ1n) is 7.65. The van der Waals surface area contributed by atoms with Crippen LogP contribution in [0.15, 0.2) is 54.6 Å². The van der Waals surface area contributed by atoms with Crippen molar-refractivity contribution in [3.63, 3.8) is 0 Å². The van der Waals surface area contributed by atoms with Crippen LogP contribution < -0.4 is 0 Å². The highest BCUT2D eigenvalue weighted by atomic mass is 35.5. The lowest BCUT2D eigenvalue weighted by Crippen LogP contribution is -2.37. The number of unbranched alkanes of at least 4 members (excludes halogenated alkanes) is 1. The SMILES string of the molecule is O=C(CCCCCl)C(=O)C(Cl)(c1ccccc1)c1ccccc1Cl. The lowest BCUT2D eigenvalue weighted by Gasteiger charge is -2.27. The third-order valence-electron chi connectivity index (χ3n) is 3.77. The molecule has 1 unspecified atom stereocenters. The number of rotatable bonds is 8.